The van der Waals surface area contributed by atoms with Crippen LogP contribution in [0.1, 0.15) is 37.8 Å². The van der Waals surface area contributed by atoms with Crippen LogP contribution in [0.15, 0.2) is 64.9 Å². The molecular weight excluding hydrogens is 671 g/mol. The van der Waals surface area contributed by atoms with Gasteiger partial charge in [-0.25, -0.2) is 14.8 Å². The number of pyridine rings is 2. The van der Waals surface area contributed by atoms with Gasteiger partial charge in [0.05, 0.1) is 28.9 Å². The first-order valence-electron chi connectivity index (χ1n) is 14.2. The van der Waals surface area contributed by atoms with E-state index in [0.717, 1.165) is 17.4 Å². The van der Waals surface area contributed by atoms with Gasteiger partial charge >= 0.3 is 12.1 Å². The summed E-state index contributed by atoms with van der Waals surface area (Å²) >= 11 is 7.45. The monoisotopic (exact) mass is 693 g/mol. The largest absolute Gasteiger partial charge is 0.491 e. The first kappa shape index (κ1) is 32.6. The molecule has 0 atom stereocenters. The average molecular weight is 694 g/mol. The number of thiophene rings is 1. The van der Waals surface area contributed by atoms with Crippen molar-refractivity contribution >= 4 is 55.9 Å². The van der Waals surface area contributed by atoms with Crippen molar-refractivity contribution in [2.24, 2.45) is 5.73 Å². The molecule has 0 radical (unpaired) electrons. The third-order valence-electron chi connectivity index (χ3n) is 7.62. The molecule has 2 aromatic carbocycles. The van der Waals surface area contributed by atoms with Crippen LogP contribution in [-0.2, 0) is 12.7 Å². The molecule has 48 heavy (non-hydrogen) atoms. The Hall–Kier alpha value is -5.34. The molecule has 15 heteroatoms. The Kier molecular flexibility index (Phi) is 8.39. The van der Waals surface area contributed by atoms with Crippen LogP contribution in [0.3, 0.4) is 0 Å². The number of primary amides is 1. The molecule has 0 bridgehead atoms. The number of ether oxygens (including phenoxy) is 1. The lowest BCUT2D eigenvalue weighted by Crippen LogP contribution is -2.27. The quantitative estimate of drug-likeness (QED) is 0.175. The lowest BCUT2D eigenvalue weighted by molar-refractivity contribution is -0.137. The third kappa shape index (κ3) is 5.95. The SMILES string of the molecule is Cc1cc(-c2nc3c(=O)n(CCOc4ccc(Cl)cc4-c4ccc(C(N)=O)c5c(C(=O)O)csc45)c(C)nc3cc2C(F)(F)F)ccn1. The number of carboxylic acid groups (broad SMARTS) is 1. The highest BCUT2D eigenvalue weighted by Crippen LogP contribution is 2.42. The van der Waals surface area contributed by atoms with Gasteiger partial charge in [0, 0.05) is 54.6 Å². The number of aryl methyl sites for hydroxylation is 2. The van der Waals surface area contributed by atoms with E-state index in [-0.39, 0.29) is 52.1 Å². The average Bonchev–Trinajstić information content (AvgIpc) is 3.47. The van der Waals surface area contributed by atoms with E-state index in [1.165, 1.54) is 41.3 Å². The van der Waals surface area contributed by atoms with Gasteiger partial charge in [-0.15, -0.1) is 11.3 Å². The zero-order valence-electron chi connectivity index (χ0n) is 25.1. The number of fused-ring (bicyclic) bond motifs is 2. The summed E-state index contributed by atoms with van der Waals surface area (Å²) in [4.78, 5) is 50.2. The lowest BCUT2D eigenvalue weighted by Gasteiger charge is -2.17. The number of carbonyl (C=O) groups is 2. The highest BCUT2D eigenvalue weighted by molar-refractivity contribution is 7.18. The van der Waals surface area contributed by atoms with Crippen LogP contribution in [-0.4, -0.2) is 43.1 Å². The summed E-state index contributed by atoms with van der Waals surface area (Å²) in [6, 6.07) is 11.5. The Morgan fingerprint density at radius 1 is 1.04 bits per heavy atom. The molecule has 0 spiro atoms. The Morgan fingerprint density at radius 2 is 1.81 bits per heavy atom. The van der Waals surface area contributed by atoms with Gasteiger partial charge < -0.3 is 15.6 Å². The van der Waals surface area contributed by atoms with Crippen molar-refractivity contribution in [2.75, 3.05) is 6.61 Å². The van der Waals surface area contributed by atoms with E-state index in [4.69, 9.17) is 22.1 Å². The summed E-state index contributed by atoms with van der Waals surface area (Å²) in [6.45, 7) is 3.01. The number of aromatic nitrogens is 4. The first-order valence-corrected chi connectivity index (χ1v) is 15.4. The maximum Gasteiger partial charge on any atom is 0.418 e. The summed E-state index contributed by atoms with van der Waals surface area (Å²) in [5, 5.41) is 11.7. The summed E-state index contributed by atoms with van der Waals surface area (Å²) in [6.07, 6.45) is -3.39. The molecule has 244 valence electrons. The summed E-state index contributed by atoms with van der Waals surface area (Å²) in [7, 11) is 0. The number of amides is 1. The van der Waals surface area contributed by atoms with Gasteiger partial charge in [0.1, 0.15) is 18.2 Å². The fourth-order valence-electron chi connectivity index (χ4n) is 5.46. The second kappa shape index (κ2) is 12.4. The van der Waals surface area contributed by atoms with Crippen LogP contribution in [0.2, 0.25) is 5.02 Å². The highest BCUT2D eigenvalue weighted by atomic mass is 35.5. The van der Waals surface area contributed by atoms with Crippen molar-refractivity contribution in [2.45, 2.75) is 26.6 Å². The van der Waals surface area contributed by atoms with Crippen molar-refractivity contribution < 1.29 is 32.6 Å². The van der Waals surface area contributed by atoms with E-state index in [1.54, 1.807) is 31.2 Å². The molecule has 0 aliphatic heterocycles. The Bertz CT molecular complexity index is 2360. The van der Waals surface area contributed by atoms with Crippen LogP contribution in [0.5, 0.6) is 5.75 Å². The van der Waals surface area contributed by atoms with E-state index >= 15 is 0 Å². The second-order valence-corrected chi connectivity index (χ2v) is 12.0. The van der Waals surface area contributed by atoms with Gasteiger partial charge in [-0.2, -0.15) is 13.2 Å². The van der Waals surface area contributed by atoms with Gasteiger partial charge in [0.15, 0.2) is 5.52 Å². The molecule has 4 aromatic heterocycles. The number of alkyl halides is 3. The Morgan fingerprint density at radius 3 is 2.50 bits per heavy atom. The van der Waals surface area contributed by atoms with Gasteiger partial charge in [-0.3, -0.25) is 19.1 Å². The molecule has 6 aromatic rings. The number of halogens is 4. The molecule has 0 unspecified atom stereocenters. The van der Waals surface area contributed by atoms with E-state index in [1.807, 2.05) is 0 Å². The molecule has 0 aliphatic rings. The van der Waals surface area contributed by atoms with E-state index in [0.29, 0.717) is 32.3 Å². The van der Waals surface area contributed by atoms with Gasteiger partial charge in [0.25, 0.3) is 5.56 Å². The molecule has 0 aliphatic carbocycles. The number of nitrogens with zero attached hydrogens (tertiary/aromatic N) is 4. The highest BCUT2D eigenvalue weighted by Gasteiger charge is 2.36. The van der Waals surface area contributed by atoms with E-state index < -0.39 is 34.9 Å². The molecule has 1 amide bonds. The molecule has 0 saturated heterocycles. The fourth-order valence-corrected chi connectivity index (χ4v) is 6.73. The number of hydrogen-bond acceptors (Lipinski definition) is 8. The van der Waals surface area contributed by atoms with Gasteiger partial charge in [-0.1, -0.05) is 17.7 Å². The number of nitrogens with two attached hydrogens (primary N) is 1. The second-order valence-electron chi connectivity index (χ2n) is 10.7. The molecule has 6 rings (SSSR count). The van der Waals surface area contributed by atoms with Crippen LogP contribution in [0, 0.1) is 13.8 Å². The number of carbonyl (C=O) groups excluding carboxylic acids is 1. The Balaban J connectivity index is 1.37. The predicted octanol–water partition coefficient (Wildman–Crippen LogP) is 6.90. The minimum absolute atomic E-state index is 0.0414. The molecule has 0 fully saturated rings. The number of benzene rings is 2. The van der Waals surface area contributed by atoms with Crippen molar-refractivity contribution in [3.63, 3.8) is 0 Å². The minimum atomic E-state index is -4.76. The fraction of sp³-hybridized carbons (Fsp3) is 0.152. The smallest absolute Gasteiger partial charge is 0.418 e. The van der Waals surface area contributed by atoms with Crippen molar-refractivity contribution in [3.8, 4) is 28.1 Å². The zero-order chi connectivity index (χ0) is 34.5. The molecule has 4 heterocycles. The number of hydrogen-bond donors (Lipinski definition) is 2. The van der Waals surface area contributed by atoms with Crippen LogP contribution in [0.25, 0.3) is 43.5 Å². The van der Waals surface area contributed by atoms with Crippen LogP contribution >= 0.6 is 22.9 Å². The molecule has 0 saturated carbocycles. The van der Waals surface area contributed by atoms with Crippen molar-refractivity contribution in [3.05, 3.63) is 104 Å². The molecule has 10 nitrogen and oxygen atoms in total. The predicted molar refractivity (Wildman–Crippen MR) is 175 cm³/mol. The third-order valence-corrected chi connectivity index (χ3v) is 8.87. The lowest BCUT2D eigenvalue weighted by atomic mass is 9.97. The van der Waals surface area contributed by atoms with Crippen molar-refractivity contribution in [1.29, 1.82) is 0 Å². The zero-order valence-corrected chi connectivity index (χ0v) is 26.6. The van der Waals surface area contributed by atoms with Gasteiger partial charge in [0.2, 0.25) is 5.91 Å². The molecular formula is C33H23ClF3N5O5S. The van der Waals surface area contributed by atoms with Crippen LogP contribution < -0.4 is 16.0 Å². The van der Waals surface area contributed by atoms with E-state index in [9.17, 15) is 32.7 Å². The minimum Gasteiger partial charge on any atom is -0.491 e. The number of carboxylic acids is 1. The standard InChI is InChI=1S/C33H23ClF3N5O5S/c1-15-11-17(7-8-39-15)27-23(33(35,36)37)13-24-28(41-27)31(44)42(16(2)40-24)9-10-47-25-6-3-18(34)12-21(25)19-4-5-20(30(38)43)26-22(32(45)46)14-48-29(19)26/h3-8,11-14H,9-10H2,1-2H3,(H2,38,43)(H,45,46). The Labute approximate surface area is 278 Å². The number of rotatable bonds is 8. The maximum absolute atomic E-state index is 14.1. The summed E-state index contributed by atoms with van der Waals surface area (Å²) in [5.74, 6) is -1.52. The van der Waals surface area contributed by atoms with Crippen molar-refractivity contribution in [1.82, 2.24) is 19.5 Å². The summed E-state index contributed by atoms with van der Waals surface area (Å²) in [5.41, 5.74) is 4.64. The maximum atomic E-state index is 14.1. The van der Waals surface area contributed by atoms with Gasteiger partial charge in [-0.05, 0) is 56.3 Å². The topological polar surface area (TPSA) is 150 Å². The molecule has 3 N–H and O–H groups in total. The van der Waals surface area contributed by atoms with E-state index in [2.05, 4.69) is 15.0 Å². The first-order chi connectivity index (χ1) is 22.7. The van der Waals surface area contributed by atoms with Crippen LogP contribution in [0.4, 0.5) is 13.2 Å². The summed E-state index contributed by atoms with van der Waals surface area (Å²) < 4.78 is 50.1. The normalized spacial score (nSPS) is 11.7. The number of aromatic carboxylic acids is 1.